The third kappa shape index (κ3) is 2.76. The summed E-state index contributed by atoms with van der Waals surface area (Å²) in [4.78, 5) is 18.2. The van der Waals surface area contributed by atoms with Crippen LogP contribution in [0.2, 0.25) is 0 Å². The zero-order valence-corrected chi connectivity index (χ0v) is 10.7. The number of piperidine rings is 1. The van der Waals surface area contributed by atoms with Crippen LogP contribution >= 0.6 is 0 Å². The molecular formula is C12H18N4O3. The number of ether oxygens (including phenoxy) is 1. The molecule has 1 amide bonds. The van der Waals surface area contributed by atoms with E-state index in [9.17, 15) is 4.79 Å². The normalized spacial score (nSPS) is 25.5. The predicted molar refractivity (Wildman–Crippen MR) is 65.5 cm³/mol. The fourth-order valence-corrected chi connectivity index (χ4v) is 2.64. The number of rotatable bonds is 2. The Balaban J connectivity index is 1.53. The van der Waals surface area contributed by atoms with E-state index in [1.807, 2.05) is 4.90 Å². The van der Waals surface area contributed by atoms with Crippen molar-refractivity contribution in [3.05, 3.63) is 12.2 Å². The molecule has 2 aliphatic heterocycles. The van der Waals surface area contributed by atoms with Gasteiger partial charge in [0.05, 0.1) is 6.61 Å². The van der Waals surface area contributed by atoms with Gasteiger partial charge < -0.3 is 19.5 Å². The summed E-state index contributed by atoms with van der Waals surface area (Å²) in [5.74, 6) is 1.15. The Labute approximate surface area is 111 Å². The minimum Gasteiger partial charge on any atom is -0.366 e. The van der Waals surface area contributed by atoms with E-state index in [1.54, 1.807) is 0 Å². The second-order valence-corrected chi connectivity index (χ2v) is 4.95. The summed E-state index contributed by atoms with van der Waals surface area (Å²) in [6.07, 6.45) is 2.79. The van der Waals surface area contributed by atoms with Crippen molar-refractivity contribution in [1.29, 1.82) is 0 Å². The second kappa shape index (κ2) is 5.66. The summed E-state index contributed by atoms with van der Waals surface area (Å²) in [7, 11) is 0. The van der Waals surface area contributed by atoms with E-state index in [0.29, 0.717) is 19.1 Å². The van der Waals surface area contributed by atoms with Crippen molar-refractivity contribution >= 4 is 5.91 Å². The van der Waals surface area contributed by atoms with Crippen molar-refractivity contribution in [2.45, 2.75) is 24.9 Å². The molecule has 1 atom stereocenters. The lowest BCUT2D eigenvalue weighted by Gasteiger charge is -2.34. The monoisotopic (exact) mass is 266 g/mol. The van der Waals surface area contributed by atoms with Crippen molar-refractivity contribution in [1.82, 2.24) is 20.4 Å². The molecule has 0 aromatic carbocycles. The number of aromatic nitrogens is 2. The molecule has 104 valence electrons. The van der Waals surface area contributed by atoms with E-state index in [0.717, 1.165) is 38.3 Å². The maximum atomic E-state index is 12.3. The van der Waals surface area contributed by atoms with Gasteiger partial charge in [0.15, 0.2) is 5.82 Å². The van der Waals surface area contributed by atoms with E-state index in [2.05, 4.69) is 15.5 Å². The molecule has 7 heteroatoms. The number of likely N-dealkylation sites (tertiary alicyclic amines) is 1. The average Bonchev–Trinajstić information content (AvgIpc) is 3.02. The van der Waals surface area contributed by atoms with Crippen LogP contribution in [-0.4, -0.2) is 59.8 Å². The summed E-state index contributed by atoms with van der Waals surface area (Å²) in [5.41, 5.74) is 0. The van der Waals surface area contributed by atoms with Crippen molar-refractivity contribution in [3.8, 4) is 0 Å². The van der Waals surface area contributed by atoms with Crippen LogP contribution in [0.15, 0.2) is 10.9 Å². The molecule has 2 aliphatic rings. The smallest absolute Gasteiger partial charge is 0.253 e. The van der Waals surface area contributed by atoms with Crippen LogP contribution in [0, 0.1) is 0 Å². The summed E-state index contributed by atoms with van der Waals surface area (Å²) in [6, 6.07) is 0. The molecule has 1 unspecified atom stereocenters. The van der Waals surface area contributed by atoms with Crippen LogP contribution in [0.25, 0.3) is 0 Å². The van der Waals surface area contributed by atoms with Crippen LogP contribution in [0.3, 0.4) is 0 Å². The number of nitrogens with one attached hydrogen (secondary N) is 1. The zero-order chi connectivity index (χ0) is 13.1. The minimum atomic E-state index is -0.324. The molecule has 7 nitrogen and oxygen atoms in total. The number of amides is 1. The van der Waals surface area contributed by atoms with Crippen molar-refractivity contribution in [3.63, 3.8) is 0 Å². The van der Waals surface area contributed by atoms with Gasteiger partial charge in [-0.1, -0.05) is 5.16 Å². The molecule has 2 saturated heterocycles. The van der Waals surface area contributed by atoms with Crippen LogP contribution in [-0.2, 0) is 9.53 Å². The first-order chi connectivity index (χ1) is 9.34. The van der Waals surface area contributed by atoms with Gasteiger partial charge in [0.1, 0.15) is 6.10 Å². The van der Waals surface area contributed by atoms with Gasteiger partial charge in [0.2, 0.25) is 6.39 Å². The fraction of sp³-hybridized carbons (Fsp3) is 0.750. The van der Waals surface area contributed by atoms with Crippen molar-refractivity contribution in [2.75, 3.05) is 32.8 Å². The van der Waals surface area contributed by atoms with Crippen LogP contribution < -0.4 is 5.32 Å². The first kappa shape index (κ1) is 12.6. The largest absolute Gasteiger partial charge is 0.366 e. The second-order valence-electron chi connectivity index (χ2n) is 4.95. The topological polar surface area (TPSA) is 80.5 Å². The lowest BCUT2D eigenvalue weighted by molar-refractivity contribution is -0.146. The van der Waals surface area contributed by atoms with Crippen molar-refractivity contribution in [2.24, 2.45) is 0 Å². The predicted octanol–water partition coefficient (Wildman–Crippen LogP) is -0.236. The number of hydrogen-bond donors (Lipinski definition) is 1. The van der Waals surface area contributed by atoms with Gasteiger partial charge in [-0.05, 0) is 12.8 Å². The molecule has 0 aliphatic carbocycles. The van der Waals surface area contributed by atoms with Crippen LogP contribution in [0.1, 0.15) is 24.6 Å². The lowest BCUT2D eigenvalue weighted by Crippen LogP contribution is -2.51. The van der Waals surface area contributed by atoms with Gasteiger partial charge in [-0.3, -0.25) is 4.79 Å². The summed E-state index contributed by atoms with van der Waals surface area (Å²) >= 11 is 0. The Morgan fingerprint density at radius 3 is 2.89 bits per heavy atom. The Hall–Kier alpha value is -1.47. The highest BCUT2D eigenvalue weighted by atomic mass is 16.5. The third-order valence-corrected chi connectivity index (χ3v) is 3.75. The van der Waals surface area contributed by atoms with Gasteiger partial charge in [-0.15, -0.1) is 0 Å². The fourth-order valence-electron chi connectivity index (χ4n) is 2.64. The van der Waals surface area contributed by atoms with Crippen LogP contribution in [0.4, 0.5) is 0 Å². The van der Waals surface area contributed by atoms with Gasteiger partial charge >= 0.3 is 0 Å². The summed E-state index contributed by atoms with van der Waals surface area (Å²) in [6.45, 7) is 3.51. The number of nitrogens with zero attached hydrogens (tertiary/aromatic N) is 3. The van der Waals surface area contributed by atoms with Crippen molar-refractivity contribution < 1.29 is 14.1 Å². The zero-order valence-electron chi connectivity index (χ0n) is 10.7. The highest BCUT2D eigenvalue weighted by molar-refractivity contribution is 5.81. The number of hydrogen-bond acceptors (Lipinski definition) is 6. The quantitative estimate of drug-likeness (QED) is 0.796. The highest BCUT2D eigenvalue weighted by Crippen LogP contribution is 2.25. The highest BCUT2D eigenvalue weighted by Gasteiger charge is 2.31. The van der Waals surface area contributed by atoms with E-state index in [4.69, 9.17) is 9.26 Å². The standard InChI is InChI=1S/C12H18N4O3/c17-12(10-7-13-3-6-18-10)16-4-1-9(2-5-16)11-14-8-19-15-11/h8-10,13H,1-7H2. The van der Waals surface area contributed by atoms with E-state index in [1.165, 1.54) is 6.39 Å². The third-order valence-electron chi connectivity index (χ3n) is 3.75. The molecule has 19 heavy (non-hydrogen) atoms. The van der Waals surface area contributed by atoms with E-state index in [-0.39, 0.29) is 12.0 Å². The molecule has 3 heterocycles. The maximum Gasteiger partial charge on any atom is 0.253 e. The van der Waals surface area contributed by atoms with Gasteiger partial charge in [0, 0.05) is 32.1 Å². The number of carbonyl (C=O) groups excluding carboxylic acids is 1. The molecule has 0 bridgehead atoms. The number of carbonyl (C=O) groups is 1. The molecule has 0 spiro atoms. The molecular weight excluding hydrogens is 248 g/mol. The van der Waals surface area contributed by atoms with Gasteiger partial charge in [-0.2, -0.15) is 4.98 Å². The molecule has 2 fully saturated rings. The molecule has 1 aromatic rings. The Morgan fingerprint density at radius 2 is 2.26 bits per heavy atom. The Bertz CT molecular complexity index is 409. The molecule has 0 saturated carbocycles. The van der Waals surface area contributed by atoms with Crippen LogP contribution in [0.5, 0.6) is 0 Å². The van der Waals surface area contributed by atoms with Gasteiger partial charge in [-0.25, -0.2) is 0 Å². The Kier molecular flexibility index (Phi) is 3.74. The molecule has 1 N–H and O–H groups in total. The first-order valence-corrected chi connectivity index (χ1v) is 6.72. The Morgan fingerprint density at radius 1 is 1.42 bits per heavy atom. The summed E-state index contributed by atoms with van der Waals surface area (Å²) < 4.78 is 10.3. The molecule has 0 radical (unpaired) electrons. The number of morpholine rings is 1. The SMILES string of the molecule is O=C(C1CNCCO1)N1CCC(c2ncon2)CC1. The molecule has 1 aromatic heterocycles. The minimum absolute atomic E-state index is 0.0961. The average molecular weight is 266 g/mol. The summed E-state index contributed by atoms with van der Waals surface area (Å²) in [5, 5.41) is 7.06. The lowest BCUT2D eigenvalue weighted by atomic mass is 9.96. The molecule has 3 rings (SSSR count). The first-order valence-electron chi connectivity index (χ1n) is 6.72. The van der Waals surface area contributed by atoms with Gasteiger partial charge in [0.25, 0.3) is 5.91 Å². The maximum absolute atomic E-state index is 12.3. The van der Waals surface area contributed by atoms with E-state index < -0.39 is 0 Å². The van der Waals surface area contributed by atoms with E-state index >= 15 is 0 Å².